The zero-order valence-corrected chi connectivity index (χ0v) is 13.1. The third-order valence-electron chi connectivity index (χ3n) is 3.52. The van der Waals surface area contributed by atoms with Crippen molar-refractivity contribution < 1.29 is 9.90 Å². The Morgan fingerprint density at radius 1 is 1.05 bits per heavy atom. The van der Waals surface area contributed by atoms with E-state index in [1.54, 1.807) is 0 Å². The van der Waals surface area contributed by atoms with Gasteiger partial charge in [-0.1, -0.05) is 54.1 Å². The van der Waals surface area contributed by atoms with Crippen molar-refractivity contribution in [2.75, 3.05) is 0 Å². The molecule has 0 aliphatic heterocycles. The van der Waals surface area contributed by atoms with Crippen LogP contribution in [0, 0.1) is 13.8 Å². The number of thiazole rings is 1. The molecule has 3 nitrogen and oxygen atoms in total. The van der Waals surface area contributed by atoms with Crippen molar-refractivity contribution in [2.24, 2.45) is 0 Å². The second kappa shape index (κ2) is 5.73. The predicted octanol–water partition coefficient (Wildman–Crippen LogP) is 4.79. The van der Waals surface area contributed by atoms with Gasteiger partial charge in [0.2, 0.25) is 0 Å². The first-order chi connectivity index (χ1) is 10.6. The van der Waals surface area contributed by atoms with E-state index in [-0.39, 0.29) is 4.88 Å². The van der Waals surface area contributed by atoms with Crippen LogP contribution in [-0.2, 0) is 0 Å². The summed E-state index contributed by atoms with van der Waals surface area (Å²) >= 11 is 1.22. The lowest BCUT2D eigenvalue weighted by Gasteiger charge is -2.01. The molecule has 0 radical (unpaired) electrons. The molecule has 0 atom stereocenters. The van der Waals surface area contributed by atoms with E-state index in [0.29, 0.717) is 5.69 Å². The van der Waals surface area contributed by atoms with E-state index in [9.17, 15) is 9.90 Å². The molecule has 0 aliphatic rings. The van der Waals surface area contributed by atoms with Gasteiger partial charge in [0.05, 0.1) is 5.69 Å². The number of hydrogen-bond acceptors (Lipinski definition) is 3. The van der Waals surface area contributed by atoms with E-state index in [4.69, 9.17) is 0 Å². The highest BCUT2D eigenvalue weighted by Crippen LogP contribution is 2.35. The number of carboxylic acid groups (broad SMARTS) is 1. The molecular formula is C18H15NO2S. The van der Waals surface area contributed by atoms with E-state index in [2.05, 4.69) is 4.98 Å². The fourth-order valence-electron chi connectivity index (χ4n) is 2.30. The summed E-state index contributed by atoms with van der Waals surface area (Å²) in [5.74, 6) is -0.937. The molecule has 1 aromatic heterocycles. The maximum Gasteiger partial charge on any atom is 0.348 e. The molecule has 0 fully saturated rings. The first kappa shape index (κ1) is 14.5. The SMILES string of the molecule is Cc1ccc(-c2nc(-c3ccccc3C)sc2C(=O)O)cc1. The number of carbonyl (C=O) groups is 1. The molecule has 4 heteroatoms. The lowest BCUT2D eigenvalue weighted by molar-refractivity contribution is 0.0702. The molecule has 0 aliphatic carbocycles. The fraction of sp³-hybridized carbons (Fsp3) is 0.111. The Bertz CT molecular complexity index is 835. The normalized spacial score (nSPS) is 10.6. The standard InChI is InChI=1S/C18H15NO2S/c1-11-7-9-13(10-8-11)15-16(18(20)21)22-17(19-15)14-6-4-3-5-12(14)2/h3-10H,1-2H3,(H,20,21). The van der Waals surface area contributed by atoms with Crippen molar-refractivity contribution in [3.05, 3.63) is 64.5 Å². The van der Waals surface area contributed by atoms with Crippen LogP contribution in [0.1, 0.15) is 20.8 Å². The number of benzene rings is 2. The Morgan fingerprint density at radius 3 is 2.36 bits per heavy atom. The summed E-state index contributed by atoms with van der Waals surface area (Å²) in [4.78, 5) is 16.4. The summed E-state index contributed by atoms with van der Waals surface area (Å²) in [6.07, 6.45) is 0. The quantitative estimate of drug-likeness (QED) is 0.756. The van der Waals surface area contributed by atoms with Gasteiger partial charge in [0.1, 0.15) is 9.88 Å². The van der Waals surface area contributed by atoms with Crippen LogP contribution >= 0.6 is 11.3 Å². The molecule has 3 rings (SSSR count). The van der Waals surface area contributed by atoms with E-state index >= 15 is 0 Å². The molecule has 22 heavy (non-hydrogen) atoms. The Morgan fingerprint density at radius 2 is 1.73 bits per heavy atom. The van der Waals surface area contributed by atoms with Gasteiger partial charge >= 0.3 is 5.97 Å². The molecule has 3 aromatic rings. The van der Waals surface area contributed by atoms with E-state index in [1.165, 1.54) is 11.3 Å². The third-order valence-corrected chi connectivity index (χ3v) is 4.60. The molecule has 0 unspecified atom stereocenters. The Balaban J connectivity index is 2.17. The number of aromatic nitrogens is 1. The summed E-state index contributed by atoms with van der Waals surface area (Å²) in [5.41, 5.74) is 4.57. The van der Waals surface area contributed by atoms with Crippen molar-refractivity contribution in [3.63, 3.8) is 0 Å². The predicted molar refractivity (Wildman–Crippen MR) is 89.4 cm³/mol. The number of nitrogens with zero attached hydrogens (tertiary/aromatic N) is 1. The van der Waals surface area contributed by atoms with Crippen molar-refractivity contribution in [2.45, 2.75) is 13.8 Å². The Hall–Kier alpha value is -2.46. The van der Waals surface area contributed by atoms with Crippen LogP contribution in [0.15, 0.2) is 48.5 Å². The van der Waals surface area contributed by atoms with Crippen LogP contribution in [0.3, 0.4) is 0 Å². The number of rotatable bonds is 3. The summed E-state index contributed by atoms with van der Waals surface area (Å²) < 4.78 is 0. The molecule has 0 bridgehead atoms. The lowest BCUT2D eigenvalue weighted by atomic mass is 10.1. The van der Waals surface area contributed by atoms with Gasteiger partial charge in [-0.3, -0.25) is 0 Å². The Labute approximate surface area is 132 Å². The fourth-order valence-corrected chi connectivity index (χ4v) is 3.32. The molecule has 110 valence electrons. The summed E-state index contributed by atoms with van der Waals surface area (Å²) in [7, 11) is 0. The zero-order chi connectivity index (χ0) is 15.7. The summed E-state index contributed by atoms with van der Waals surface area (Å²) in [6.45, 7) is 4.00. The highest BCUT2D eigenvalue weighted by atomic mass is 32.1. The Kier molecular flexibility index (Phi) is 3.77. The van der Waals surface area contributed by atoms with Gasteiger partial charge < -0.3 is 5.11 Å². The largest absolute Gasteiger partial charge is 0.477 e. The van der Waals surface area contributed by atoms with E-state index < -0.39 is 5.97 Å². The van der Waals surface area contributed by atoms with Gasteiger partial charge in [0, 0.05) is 11.1 Å². The van der Waals surface area contributed by atoms with Crippen molar-refractivity contribution in [1.29, 1.82) is 0 Å². The number of aryl methyl sites for hydroxylation is 2. The van der Waals surface area contributed by atoms with Crippen LogP contribution in [-0.4, -0.2) is 16.1 Å². The monoisotopic (exact) mass is 309 g/mol. The molecule has 0 spiro atoms. The van der Waals surface area contributed by atoms with Gasteiger partial charge in [-0.05, 0) is 19.4 Å². The number of aromatic carboxylic acids is 1. The molecule has 0 saturated carbocycles. The number of hydrogen-bond donors (Lipinski definition) is 1. The molecule has 2 aromatic carbocycles. The third kappa shape index (κ3) is 2.65. The highest BCUT2D eigenvalue weighted by molar-refractivity contribution is 7.17. The number of carboxylic acids is 1. The van der Waals surface area contributed by atoms with Gasteiger partial charge in [0.25, 0.3) is 0 Å². The van der Waals surface area contributed by atoms with Gasteiger partial charge in [-0.25, -0.2) is 9.78 Å². The lowest BCUT2D eigenvalue weighted by Crippen LogP contribution is -1.95. The highest BCUT2D eigenvalue weighted by Gasteiger charge is 2.20. The average Bonchev–Trinajstić information content (AvgIpc) is 2.93. The topological polar surface area (TPSA) is 50.2 Å². The van der Waals surface area contributed by atoms with Crippen LogP contribution in [0.2, 0.25) is 0 Å². The molecule has 1 N–H and O–H groups in total. The van der Waals surface area contributed by atoms with Gasteiger partial charge in [0.15, 0.2) is 0 Å². The zero-order valence-electron chi connectivity index (χ0n) is 12.3. The van der Waals surface area contributed by atoms with Crippen molar-refractivity contribution in [3.8, 4) is 21.8 Å². The minimum atomic E-state index is -0.937. The molecular weight excluding hydrogens is 294 g/mol. The second-order valence-electron chi connectivity index (χ2n) is 5.18. The van der Waals surface area contributed by atoms with E-state index in [0.717, 1.165) is 27.3 Å². The summed E-state index contributed by atoms with van der Waals surface area (Å²) in [5, 5.41) is 10.2. The first-order valence-electron chi connectivity index (χ1n) is 6.93. The van der Waals surface area contributed by atoms with Crippen LogP contribution < -0.4 is 0 Å². The van der Waals surface area contributed by atoms with Crippen molar-refractivity contribution in [1.82, 2.24) is 4.98 Å². The smallest absolute Gasteiger partial charge is 0.348 e. The maximum absolute atomic E-state index is 11.6. The minimum Gasteiger partial charge on any atom is -0.477 e. The maximum atomic E-state index is 11.6. The second-order valence-corrected chi connectivity index (χ2v) is 6.18. The van der Waals surface area contributed by atoms with Gasteiger partial charge in [-0.2, -0.15) is 0 Å². The molecule has 0 saturated heterocycles. The molecule has 1 heterocycles. The van der Waals surface area contributed by atoms with E-state index in [1.807, 2.05) is 62.4 Å². The molecule has 0 amide bonds. The van der Waals surface area contributed by atoms with Crippen LogP contribution in [0.4, 0.5) is 0 Å². The van der Waals surface area contributed by atoms with Crippen LogP contribution in [0.5, 0.6) is 0 Å². The van der Waals surface area contributed by atoms with Crippen molar-refractivity contribution >= 4 is 17.3 Å². The first-order valence-corrected chi connectivity index (χ1v) is 7.75. The minimum absolute atomic E-state index is 0.280. The van der Waals surface area contributed by atoms with Gasteiger partial charge in [-0.15, -0.1) is 11.3 Å². The average molecular weight is 309 g/mol. The van der Waals surface area contributed by atoms with Crippen LogP contribution in [0.25, 0.3) is 21.8 Å². The summed E-state index contributed by atoms with van der Waals surface area (Å²) in [6, 6.07) is 15.6.